The molecule has 0 unspecified atom stereocenters. The molecule has 0 aromatic heterocycles. The second kappa shape index (κ2) is 6.32. The van der Waals surface area contributed by atoms with Crippen LogP contribution in [0.1, 0.15) is 17.3 Å². The monoisotopic (exact) mass is 320 g/mol. The van der Waals surface area contributed by atoms with Crippen LogP contribution < -0.4 is 0 Å². The van der Waals surface area contributed by atoms with Crippen molar-refractivity contribution in [3.8, 4) is 0 Å². The highest BCUT2D eigenvalue weighted by Gasteiger charge is 2.10. The van der Waals surface area contributed by atoms with Gasteiger partial charge in [0.15, 0.2) is 0 Å². The van der Waals surface area contributed by atoms with E-state index in [1.165, 1.54) is 0 Å². The Bertz CT molecular complexity index is 421. The van der Waals surface area contributed by atoms with Gasteiger partial charge in [0, 0.05) is 14.9 Å². The maximum atomic E-state index is 11.2. The lowest BCUT2D eigenvalue weighted by Crippen LogP contribution is -1.96. The van der Waals surface area contributed by atoms with Gasteiger partial charge in [-0.05, 0) is 52.8 Å². The summed E-state index contributed by atoms with van der Waals surface area (Å²) in [5, 5.41) is -0.682. The Morgan fingerprint density at radius 2 is 2.19 bits per heavy atom. The lowest BCUT2D eigenvalue weighted by atomic mass is 10.2. The molecule has 1 aromatic carbocycles. The predicted octanol–water partition coefficient (Wildman–Crippen LogP) is 3.77. The number of rotatable bonds is 3. The molecule has 0 N–H and O–H groups in total. The molecule has 16 heavy (non-hydrogen) atoms. The van der Waals surface area contributed by atoms with Crippen LogP contribution in [-0.2, 0) is 4.74 Å². The van der Waals surface area contributed by atoms with Crippen LogP contribution in [0.5, 0.6) is 0 Å². The fraction of sp³-hybridized carbons (Fsp3) is 0.200. The van der Waals surface area contributed by atoms with E-state index in [9.17, 15) is 9.59 Å². The summed E-state index contributed by atoms with van der Waals surface area (Å²) >= 11 is 7.94. The van der Waals surface area contributed by atoms with E-state index >= 15 is 0 Å². The molecule has 0 fully saturated rings. The minimum Gasteiger partial charge on any atom is -0.458 e. The third-order valence-electron chi connectivity index (χ3n) is 1.63. The van der Waals surface area contributed by atoms with E-state index < -0.39 is 0 Å². The van der Waals surface area contributed by atoms with Crippen LogP contribution in [-0.4, -0.2) is 17.0 Å². The second-order valence-electron chi connectivity index (χ2n) is 2.73. The topological polar surface area (TPSA) is 43.4 Å². The zero-order chi connectivity index (χ0) is 12.1. The summed E-state index contributed by atoms with van der Waals surface area (Å²) in [5.41, 5.74) is 0.469. The molecule has 3 nitrogen and oxygen atoms in total. The Kier molecular flexibility index (Phi) is 5.37. The maximum Gasteiger partial charge on any atom is 0.372 e. The fourth-order valence-corrected chi connectivity index (χ4v) is 2.72. The van der Waals surface area contributed by atoms with E-state index in [4.69, 9.17) is 4.74 Å². The molecule has 0 saturated heterocycles. The minimum atomic E-state index is -0.362. The number of carbonyl (C=O) groups excluding carboxylic acids is 2. The van der Waals surface area contributed by atoms with Crippen LogP contribution in [0.2, 0.25) is 0 Å². The number of benzene rings is 1. The molecule has 0 aliphatic rings. The number of hydrogen-bond donors (Lipinski definition) is 1. The number of carbonyl (C=O) groups is 2. The van der Waals surface area contributed by atoms with Crippen molar-refractivity contribution in [2.75, 3.05) is 6.61 Å². The Morgan fingerprint density at radius 1 is 1.50 bits per heavy atom. The molecule has 86 valence electrons. The SMILES string of the molecule is CCOC(=O)Sc1ccc(C(=O)S)c(Br)c1. The van der Waals surface area contributed by atoms with Crippen LogP contribution in [0.4, 0.5) is 4.79 Å². The van der Waals surface area contributed by atoms with Crippen molar-refractivity contribution in [1.82, 2.24) is 0 Å². The molecule has 0 saturated carbocycles. The third-order valence-corrected chi connectivity index (χ3v) is 3.31. The quantitative estimate of drug-likeness (QED) is 0.523. The van der Waals surface area contributed by atoms with Crippen molar-refractivity contribution in [3.05, 3.63) is 28.2 Å². The highest BCUT2D eigenvalue weighted by Crippen LogP contribution is 2.27. The molecule has 6 heteroatoms. The average Bonchev–Trinajstić information content (AvgIpc) is 2.17. The first-order valence-electron chi connectivity index (χ1n) is 4.42. The normalized spacial score (nSPS) is 9.94. The summed E-state index contributed by atoms with van der Waals surface area (Å²) < 4.78 is 5.40. The van der Waals surface area contributed by atoms with Gasteiger partial charge in [-0.15, -0.1) is 12.6 Å². The molecule has 0 bridgehead atoms. The van der Waals surface area contributed by atoms with E-state index in [0.717, 1.165) is 11.8 Å². The van der Waals surface area contributed by atoms with Gasteiger partial charge in [0.2, 0.25) is 5.12 Å². The zero-order valence-corrected chi connectivity index (χ0v) is 11.7. The van der Waals surface area contributed by atoms with E-state index in [2.05, 4.69) is 28.6 Å². The van der Waals surface area contributed by atoms with Gasteiger partial charge in [0.25, 0.3) is 0 Å². The fourth-order valence-electron chi connectivity index (χ4n) is 0.976. The van der Waals surface area contributed by atoms with Gasteiger partial charge in [-0.1, -0.05) is 0 Å². The molecular weight excluding hydrogens is 312 g/mol. The molecule has 0 aliphatic heterocycles. The van der Waals surface area contributed by atoms with Gasteiger partial charge in [-0.3, -0.25) is 4.79 Å². The van der Waals surface area contributed by atoms with Gasteiger partial charge in [-0.2, -0.15) is 0 Å². The first-order chi connectivity index (χ1) is 7.54. The smallest absolute Gasteiger partial charge is 0.372 e. The van der Waals surface area contributed by atoms with Crippen molar-refractivity contribution < 1.29 is 14.3 Å². The van der Waals surface area contributed by atoms with Crippen LogP contribution in [0, 0.1) is 0 Å². The number of hydrogen-bond acceptors (Lipinski definition) is 4. The van der Waals surface area contributed by atoms with Crippen molar-refractivity contribution in [2.24, 2.45) is 0 Å². The molecule has 1 rings (SSSR count). The Balaban J connectivity index is 2.81. The first kappa shape index (κ1) is 13.6. The number of halogens is 1. The Morgan fingerprint density at radius 3 is 2.69 bits per heavy atom. The van der Waals surface area contributed by atoms with Crippen molar-refractivity contribution in [2.45, 2.75) is 11.8 Å². The third kappa shape index (κ3) is 3.84. The molecular formula is C10H9BrO3S2. The van der Waals surface area contributed by atoms with Gasteiger partial charge in [0.1, 0.15) is 0 Å². The maximum absolute atomic E-state index is 11.2. The Hall–Kier alpha value is -0.460. The molecule has 0 radical (unpaired) electrons. The molecule has 0 aliphatic carbocycles. The summed E-state index contributed by atoms with van der Waals surface area (Å²) in [4.78, 5) is 22.9. The molecule has 0 amide bonds. The number of ether oxygens (including phenoxy) is 1. The van der Waals surface area contributed by atoms with Gasteiger partial charge >= 0.3 is 5.30 Å². The van der Waals surface area contributed by atoms with Crippen molar-refractivity contribution in [3.63, 3.8) is 0 Å². The second-order valence-corrected chi connectivity index (χ2v) is 5.00. The van der Waals surface area contributed by atoms with Crippen molar-refractivity contribution >= 4 is 50.7 Å². The highest BCUT2D eigenvalue weighted by molar-refractivity contribution is 9.10. The van der Waals surface area contributed by atoms with Gasteiger partial charge in [0.05, 0.1) is 6.61 Å². The van der Waals surface area contributed by atoms with E-state index in [-0.39, 0.29) is 10.4 Å². The number of thioether (sulfide) groups is 1. The Labute approximate surface area is 111 Å². The van der Waals surface area contributed by atoms with Crippen LogP contribution >= 0.6 is 40.3 Å². The predicted molar refractivity (Wildman–Crippen MR) is 70.3 cm³/mol. The van der Waals surface area contributed by atoms with Crippen LogP contribution in [0.3, 0.4) is 0 Å². The molecule has 1 aromatic rings. The van der Waals surface area contributed by atoms with Gasteiger partial charge < -0.3 is 4.74 Å². The molecule has 0 spiro atoms. The largest absolute Gasteiger partial charge is 0.458 e. The summed E-state index contributed by atoms with van der Waals surface area (Å²) in [6.07, 6.45) is 0. The zero-order valence-electron chi connectivity index (χ0n) is 8.40. The highest BCUT2D eigenvalue weighted by atomic mass is 79.9. The van der Waals surface area contributed by atoms with Crippen molar-refractivity contribution in [1.29, 1.82) is 0 Å². The van der Waals surface area contributed by atoms with E-state index in [1.54, 1.807) is 25.1 Å². The average molecular weight is 321 g/mol. The minimum absolute atomic E-state index is 0.320. The summed E-state index contributed by atoms with van der Waals surface area (Å²) in [5.74, 6) is 0. The lowest BCUT2D eigenvalue weighted by Gasteiger charge is -2.04. The van der Waals surface area contributed by atoms with Gasteiger partial charge in [-0.25, -0.2) is 4.79 Å². The molecule has 0 heterocycles. The van der Waals surface area contributed by atoms with E-state index in [0.29, 0.717) is 21.5 Å². The first-order valence-corrected chi connectivity index (χ1v) is 6.47. The standard InChI is InChI=1S/C10H9BrO3S2/c1-2-14-10(13)16-6-3-4-7(9(12)15)8(11)5-6/h3-5H,2H2,1H3,(H,12,15). The molecule has 0 atom stereocenters. The van der Waals surface area contributed by atoms with Crippen LogP contribution in [0.15, 0.2) is 27.6 Å². The summed E-state index contributed by atoms with van der Waals surface area (Å²) in [7, 11) is 0. The summed E-state index contributed by atoms with van der Waals surface area (Å²) in [6, 6.07) is 4.97. The summed E-state index contributed by atoms with van der Waals surface area (Å²) in [6.45, 7) is 2.09. The van der Waals surface area contributed by atoms with E-state index in [1.807, 2.05) is 0 Å². The number of thiol groups is 1. The lowest BCUT2D eigenvalue weighted by molar-refractivity contribution is 0.109. The van der Waals surface area contributed by atoms with Crippen LogP contribution in [0.25, 0.3) is 0 Å².